The molecule has 0 radical (unpaired) electrons. The Morgan fingerprint density at radius 3 is 2.77 bits per heavy atom. The van der Waals surface area contributed by atoms with Crippen LogP contribution in [0.15, 0.2) is 47.7 Å². The lowest BCUT2D eigenvalue weighted by molar-refractivity contribution is 0.187. The van der Waals surface area contributed by atoms with Gasteiger partial charge in [0.05, 0.1) is 0 Å². The fraction of sp³-hybridized carbons (Fsp3) is 0.379. The lowest BCUT2D eigenvalue weighted by Crippen LogP contribution is -2.45. The van der Waals surface area contributed by atoms with E-state index >= 15 is 0 Å². The van der Waals surface area contributed by atoms with Crippen LogP contribution in [0.3, 0.4) is 0 Å². The van der Waals surface area contributed by atoms with Crippen LogP contribution in [0.1, 0.15) is 60.8 Å². The summed E-state index contributed by atoms with van der Waals surface area (Å²) in [6.45, 7) is 5.90. The molecule has 0 amide bonds. The molecule has 11 heteroatoms. The van der Waals surface area contributed by atoms with Crippen LogP contribution in [-0.4, -0.2) is 52.8 Å². The smallest absolute Gasteiger partial charge is 0.264 e. The molecule has 202 valence electrons. The van der Waals surface area contributed by atoms with Crippen LogP contribution < -0.4 is 16.2 Å². The number of piperidine rings is 1. The largest absolute Gasteiger partial charge is 0.342 e. The molecule has 11 nitrogen and oxygen atoms in total. The predicted octanol–water partition coefficient (Wildman–Crippen LogP) is 2.94. The van der Waals surface area contributed by atoms with Gasteiger partial charge in [0.25, 0.3) is 11.3 Å². The Morgan fingerprint density at radius 2 is 1.95 bits per heavy atom. The van der Waals surface area contributed by atoms with Crippen molar-refractivity contribution in [3.05, 3.63) is 81.3 Å². The average Bonchev–Trinajstić information content (AvgIpc) is 3.66. The van der Waals surface area contributed by atoms with Gasteiger partial charge in [0.15, 0.2) is 5.65 Å². The van der Waals surface area contributed by atoms with E-state index < -0.39 is 0 Å². The lowest BCUT2D eigenvalue weighted by Gasteiger charge is -2.42. The number of rotatable bonds is 2. The van der Waals surface area contributed by atoms with Gasteiger partial charge in [-0.15, -0.1) is 10.2 Å². The summed E-state index contributed by atoms with van der Waals surface area (Å²) in [5, 5.41) is 16.2. The standard InChI is InChI=1S/C29H30N10O/c1-28(2)12-18(19-14-31-26-37-32-15-39(26)20(19)13-28)22-21-24(36-35-22)33-27(34-25(21)40)38-9-7-29(8-10-38)11-16-5-3-4-6-17(16)23(29)30/h3-6,12,14-15,23H,7-11,13,30H2,1-2H3,(H2,33,34,35,36,40)/t23-/m1/s1. The summed E-state index contributed by atoms with van der Waals surface area (Å²) in [4.78, 5) is 28.1. The van der Waals surface area contributed by atoms with Crippen molar-refractivity contribution in [1.29, 1.82) is 0 Å². The van der Waals surface area contributed by atoms with Gasteiger partial charge in [-0.25, -0.2) is 4.98 Å². The van der Waals surface area contributed by atoms with Crippen molar-refractivity contribution in [3.63, 3.8) is 0 Å². The monoisotopic (exact) mass is 534 g/mol. The highest BCUT2D eigenvalue weighted by Crippen LogP contribution is 2.50. The predicted molar refractivity (Wildman–Crippen MR) is 151 cm³/mol. The molecule has 1 saturated heterocycles. The Bertz CT molecular complexity index is 1900. The quantitative estimate of drug-likeness (QED) is 0.313. The normalized spacial score (nSPS) is 21.1. The zero-order valence-corrected chi connectivity index (χ0v) is 22.5. The number of hydrogen-bond acceptors (Lipinski definition) is 8. The van der Waals surface area contributed by atoms with Crippen LogP contribution in [-0.2, 0) is 12.8 Å². The van der Waals surface area contributed by atoms with E-state index in [0.717, 1.165) is 55.6 Å². The number of aromatic nitrogens is 8. The van der Waals surface area contributed by atoms with Crippen molar-refractivity contribution >= 4 is 28.3 Å². The molecule has 4 N–H and O–H groups in total. The highest BCUT2D eigenvalue weighted by Gasteiger charge is 2.46. The van der Waals surface area contributed by atoms with Crippen molar-refractivity contribution in [2.24, 2.45) is 16.6 Å². The number of aromatic amines is 2. The molecule has 0 unspecified atom stereocenters. The summed E-state index contributed by atoms with van der Waals surface area (Å²) in [6, 6.07) is 8.57. The van der Waals surface area contributed by atoms with Crippen LogP contribution in [0.25, 0.3) is 22.4 Å². The Morgan fingerprint density at radius 1 is 1.12 bits per heavy atom. The SMILES string of the molecule is CC1(C)C=C(c2n[nH]c3nc(N4CCC5(CC4)Cc4ccccc4[C@H]5N)[nH]c(=O)c23)c2cnc3nncn3c2C1. The Labute approximate surface area is 229 Å². The zero-order valence-electron chi connectivity index (χ0n) is 22.5. The maximum atomic E-state index is 13.6. The number of allylic oxidation sites excluding steroid dienone is 1. The van der Waals surface area contributed by atoms with E-state index in [-0.39, 0.29) is 22.4 Å². The number of anilines is 1. The summed E-state index contributed by atoms with van der Waals surface area (Å²) >= 11 is 0. The molecule has 2 aliphatic carbocycles. The molecule has 1 aromatic carbocycles. The fourth-order valence-electron chi connectivity index (χ4n) is 7.13. The average molecular weight is 535 g/mol. The van der Waals surface area contributed by atoms with Crippen molar-refractivity contribution in [3.8, 4) is 0 Å². The van der Waals surface area contributed by atoms with Gasteiger partial charge >= 0.3 is 0 Å². The van der Waals surface area contributed by atoms with Crippen molar-refractivity contribution < 1.29 is 0 Å². The number of benzene rings is 1. The molecule has 5 aromatic rings. The number of fused-ring (bicyclic) bond motifs is 5. The molecule has 3 aliphatic rings. The molecule has 40 heavy (non-hydrogen) atoms. The van der Waals surface area contributed by atoms with Gasteiger partial charge in [0, 0.05) is 42.2 Å². The van der Waals surface area contributed by atoms with E-state index in [1.165, 1.54) is 11.1 Å². The van der Waals surface area contributed by atoms with Gasteiger partial charge in [0.2, 0.25) is 5.95 Å². The third-order valence-corrected chi connectivity index (χ3v) is 9.21. The Balaban J connectivity index is 1.13. The van der Waals surface area contributed by atoms with Crippen molar-refractivity contribution in [1.82, 2.24) is 39.7 Å². The summed E-state index contributed by atoms with van der Waals surface area (Å²) < 4.78 is 1.91. The minimum absolute atomic E-state index is 0.0419. The number of nitrogens with two attached hydrogens (primary N) is 1. The number of nitrogens with one attached hydrogen (secondary N) is 2. The van der Waals surface area contributed by atoms with Crippen molar-refractivity contribution in [2.75, 3.05) is 18.0 Å². The van der Waals surface area contributed by atoms with E-state index in [4.69, 9.17) is 10.7 Å². The molecular formula is C29H30N10O. The molecule has 1 fully saturated rings. The maximum absolute atomic E-state index is 13.6. The fourth-order valence-corrected chi connectivity index (χ4v) is 7.13. The number of nitrogens with zero attached hydrogens (tertiary/aromatic N) is 7. The molecule has 1 atom stereocenters. The van der Waals surface area contributed by atoms with Crippen LogP contribution in [0, 0.1) is 10.8 Å². The summed E-state index contributed by atoms with van der Waals surface area (Å²) in [6.07, 6.45) is 9.34. The highest BCUT2D eigenvalue weighted by molar-refractivity contribution is 5.94. The van der Waals surface area contributed by atoms with Gasteiger partial charge in [-0.2, -0.15) is 10.1 Å². The van der Waals surface area contributed by atoms with Crippen LogP contribution >= 0.6 is 0 Å². The van der Waals surface area contributed by atoms with Gasteiger partial charge in [0.1, 0.15) is 17.4 Å². The van der Waals surface area contributed by atoms with Gasteiger partial charge in [-0.1, -0.05) is 44.2 Å². The molecule has 8 rings (SSSR count). The second-order valence-electron chi connectivity index (χ2n) is 12.2. The Kier molecular flexibility index (Phi) is 4.74. The molecule has 5 heterocycles. The minimum Gasteiger partial charge on any atom is -0.342 e. The number of H-pyrrole nitrogens is 2. The van der Waals surface area contributed by atoms with E-state index in [1.807, 2.05) is 4.40 Å². The maximum Gasteiger partial charge on any atom is 0.264 e. The van der Waals surface area contributed by atoms with E-state index in [1.54, 1.807) is 12.5 Å². The zero-order chi connectivity index (χ0) is 27.2. The molecule has 0 saturated carbocycles. The van der Waals surface area contributed by atoms with E-state index in [0.29, 0.717) is 28.5 Å². The highest BCUT2D eigenvalue weighted by atomic mass is 16.1. The van der Waals surface area contributed by atoms with Gasteiger partial charge < -0.3 is 10.6 Å². The number of hydrogen-bond donors (Lipinski definition) is 3. The third kappa shape index (κ3) is 3.33. The minimum atomic E-state index is -0.210. The van der Waals surface area contributed by atoms with Gasteiger partial charge in [-0.3, -0.25) is 19.3 Å². The van der Waals surface area contributed by atoms with Crippen LogP contribution in [0.5, 0.6) is 0 Å². The first-order valence-corrected chi connectivity index (χ1v) is 13.8. The summed E-state index contributed by atoms with van der Waals surface area (Å²) in [7, 11) is 0. The Hall–Kier alpha value is -4.38. The van der Waals surface area contributed by atoms with Crippen LogP contribution in [0.2, 0.25) is 0 Å². The molecule has 1 aliphatic heterocycles. The van der Waals surface area contributed by atoms with E-state index in [9.17, 15) is 4.79 Å². The lowest BCUT2D eigenvalue weighted by atomic mass is 9.73. The summed E-state index contributed by atoms with van der Waals surface area (Å²) in [5.41, 5.74) is 13.0. The van der Waals surface area contributed by atoms with E-state index in [2.05, 4.69) is 79.5 Å². The van der Waals surface area contributed by atoms with Crippen LogP contribution in [0.4, 0.5) is 5.95 Å². The van der Waals surface area contributed by atoms with Crippen molar-refractivity contribution in [2.45, 2.75) is 45.6 Å². The van der Waals surface area contributed by atoms with Gasteiger partial charge in [-0.05, 0) is 47.6 Å². The molecule has 1 spiro atoms. The third-order valence-electron chi connectivity index (χ3n) is 9.21. The summed E-state index contributed by atoms with van der Waals surface area (Å²) in [5.74, 6) is 1.12. The first-order chi connectivity index (χ1) is 19.3. The second-order valence-corrected chi connectivity index (χ2v) is 12.2. The topological polar surface area (TPSA) is 147 Å². The first-order valence-electron chi connectivity index (χ1n) is 13.8. The molecule has 0 bridgehead atoms. The first kappa shape index (κ1) is 23.5. The molecular weight excluding hydrogens is 504 g/mol. The second kappa shape index (κ2) is 8.07. The molecule has 4 aromatic heterocycles.